The van der Waals surface area contributed by atoms with Crippen LogP contribution in [0.3, 0.4) is 0 Å². The van der Waals surface area contributed by atoms with Crippen molar-refractivity contribution in [2.24, 2.45) is 0 Å². The fourth-order valence-corrected chi connectivity index (χ4v) is 2.17. The Bertz CT molecular complexity index is 386. The van der Waals surface area contributed by atoms with Crippen LogP contribution in [-0.2, 0) is 17.8 Å². The number of carbonyl (C=O) groups excluding carboxylic acids is 1. The lowest BCUT2D eigenvalue weighted by molar-refractivity contribution is -0.129. The maximum absolute atomic E-state index is 11.2. The lowest BCUT2D eigenvalue weighted by Crippen LogP contribution is -2.34. The molecule has 1 aliphatic heterocycles. The van der Waals surface area contributed by atoms with E-state index in [1.165, 1.54) is 5.56 Å². The van der Waals surface area contributed by atoms with Crippen molar-refractivity contribution in [3.8, 4) is 0 Å². The molecule has 1 N–H and O–H groups in total. The number of hydrogen-bond acceptors (Lipinski definition) is 3. The van der Waals surface area contributed by atoms with Crippen molar-refractivity contribution in [3.63, 3.8) is 0 Å². The van der Waals surface area contributed by atoms with Crippen LogP contribution < -0.4 is 0 Å². The molecule has 0 aromatic carbocycles. The summed E-state index contributed by atoms with van der Waals surface area (Å²) in [7, 11) is 0. The van der Waals surface area contributed by atoms with E-state index in [2.05, 4.69) is 22.8 Å². The van der Waals surface area contributed by atoms with E-state index in [-0.39, 0.29) is 11.2 Å². The molecular formula is C10H15N3OS. The molecule has 0 fully saturated rings. The number of aromatic nitrogens is 2. The predicted octanol–water partition coefficient (Wildman–Crippen LogP) is 1.31. The van der Waals surface area contributed by atoms with E-state index in [1.54, 1.807) is 6.92 Å². The second-order valence-electron chi connectivity index (χ2n) is 3.93. The van der Waals surface area contributed by atoms with Crippen LogP contribution in [0.2, 0.25) is 0 Å². The summed E-state index contributed by atoms with van der Waals surface area (Å²) in [5, 5.41) is 7.40. The van der Waals surface area contributed by atoms with Crippen LogP contribution >= 0.6 is 12.6 Å². The molecule has 1 amide bonds. The first kappa shape index (κ1) is 10.5. The Kier molecular flexibility index (Phi) is 2.73. The summed E-state index contributed by atoms with van der Waals surface area (Å²) in [6, 6.07) is 0. The first-order chi connectivity index (χ1) is 7.09. The summed E-state index contributed by atoms with van der Waals surface area (Å²) < 4.78 is 0. The molecule has 0 saturated carbocycles. The van der Waals surface area contributed by atoms with E-state index >= 15 is 0 Å². The first-order valence-electron chi connectivity index (χ1n) is 5.09. The van der Waals surface area contributed by atoms with Crippen LogP contribution in [0.1, 0.15) is 36.0 Å². The molecule has 4 nitrogen and oxygen atoms in total. The molecule has 2 rings (SSSR count). The van der Waals surface area contributed by atoms with E-state index in [4.69, 9.17) is 0 Å². The summed E-state index contributed by atoms with van der Waals surface area (Å²) in [6.07, 6.45) is 0.881. The Morgan fingerprint density at radius 2 is 2.40 bits per heavy atom. The highest BCUT2D eigenvalue weighted by Gasteiger charge is 2.24. The summed E-state index contributed by atoms with van der Waals surface area (Å²) in [4.78, 5) is 13.1. The molecule has 0 spiro atoms. The maximum atomic E-state index is 11.2. The molecule has 1 unspecified atom stereocenters. The van der Waals surface area contributed by atoms with Crippen molar-refractivity contribution >= 4 is 18.5 Å². The van der Waals surface area contributed by atoms with E-state index in [9.17, 15) is 4.79 Å². The van der Waals surface area contributed by atoms with Gasteiger partial charge in [-0.25, -0.2) is 0 Å². The molecule has 0 radical (unpaired) electrons. The molecule has 82 valence electrons. The number of hydrogen-bond donors (Lipinski definition) is 2. The number of H-pyrrole nitrogens is 1. The molecule has 0 aliphatic carbocycles. The average Bonchev–Trinajstić information content (AvgIpc) is 2.59. The highest BCUT2D eigenvalue weighted by Crippen LogP contribution is 2.27. The molecule has 1 aromatic rings. The lowest BCUT2D eigenvalue weighted by Gasteiger charge is -2.25. The number of rotatable bonds is 1. The second-order valence-corrected chi connectivity index (χ2v) is 4.71. The Balaban J connectivity index is 2.26. The molecule has 1 aromatic heterocycles. The number of carbonyl (C=O) groups is 1. The summed E-state index contributed by atoms with van der Waals surface area (Å²) >= 11 is 4.39. The third-order valence-corrected chi connectivity index (χ3v) is 3.05. The minimum absolute atomic E-state index is 0.121. The van der Waals surface area contributed by atoms with Gasteiger partial charge in [0.2, 0.25) is 5.91 Å². The van der Waals surface area contributed by atoms with Gasteiger partial charge in [0.05, 0.1) is 17.9 Å². The topological polar surface area (TPSA) is 49.0 Å². The third kappa shape index (κ3) is 1.88. The Hall–Kier alpha value is -0.970. The largest absolute Gasteiger partial charge is 0.337 e. The fraction of sp³-hybridized carbons (Fsp3) is 0.600. The number of fused-ring (bicyclic) bond motifs is 1. The van der Waals surface area contributed by atoms with Crippen molar-refractivity contribution in [1.82, 2.24) is 15.1 Å². The number of thiol groups is 1. The summed E-state index contributed by atoms with van der Waals surface area (Å²) in [5.74, 6) is 0.121. The van der Waals surface area contributed by atoms with Crippen molar-refractivity contribution in [1.29, 1.82) is 0 Å². The molecule has 1 aliphatic rings. The Labute approximate surface area is 94.5 Å². The summed E-state index contributed by atoms with van der Waals surface area (Å²) in [6.45, 7) is 5.05. The SMILES string of the molecule is CC(=O)N1CCc2c(C(C)S)n[nH]c2C1. The van der Waals surface area contributed by atoms with Gasteiger partial charge in [-0.2, -0.15) is 17.7 Å². The normalized spacial score (nSPS) is 17.4. The van der Waals surface area contributed by atoms with E-state index < -0.39 is 0 Å². The van der Waals surface area contributed by atoms with Crippen LogP contribution in [0.5, 0.6) is 0 Å². The van der Waals surface area contributed by atoms with Gasteiger partial charge >= 0.3 is 0 Å². The smallest absolute Gasteiger partial charge is 0.219 e. The van der Waals surface area contributed by atoms with Gasteiger partial charge in [0, 0.05) is 24.3 Å². The van der Waals surface area contributed by atoms with Crippen molar-refractivity contribution in [2.75, 3.05) is 6.54 Å². The molecule has 5 heteroatoms. The van der Waals surface area contributed by atoms with Gasteiger partial charge < -0.3 is 4.90 Å². The van der Waals surface area contributed by atoms with Gasteiger partial charge in [-0.3, -0.25) is 9.89 Å². The number of nitrogens with one attached hydrogen (secondary N) is 1. The van der Waals surface area contributed by atoms with E-state index in [1.807, 2.05) is 11.8 Å². The molecule has 1 atom stereocenters. The predicted molar refractivity (Wildman–Crippen MR) is 60.8 cm³/mol. The Morgan fingerprint density at radius 3 is 3.00 bits per heavy atom. The highest BCUT2D eigenvalue weighted by molar-refractivity contribution is 7.80. The number of amides is 1. The van der Waals surface area contributed by atoms with Gasteiger partial charge in [0.1, 0.15) is 0 Å². The standard InChI is InChI=1S/C10H15N3OS/c1-6(15)10-8-3-4-13(7(2)14)5-9(8)11-12-10/h6,15H,3-5H2,1-2H3,(H,11,12). The monoisotopic (exact) mass is 225 g/mol. The zero-order chi connectivity index (χ0) is 11.0. The zero-order valence-electron chi connectivity index (χ0n) is 8.95. The average molecular weight is 225 g/mol. The third-order valence-electron chi connectivity index (χ3n) is 2.81. The molecule has 0 saturated heterocycles. The van der Waals surface area contributed by atoms with Gasteiger partial charge in [0.15, 0.2) is 0 Å². The first-order valence-corrected chi connectivity index (χ1v) is 5.61. The Morgan fingerprint density at radius 1 is 1.67 bits per heavy atom. The maximum Gasteiger partial charge on any atom is 0.219 e. The number of aromatic amines is 1. The minimum atomic E-state index is 0.121. The van der Waals surface area contributed by atoms with Crippen molar-refractivity contribution in [2.45, 2.75) is 32.1 Å². The quantitative estimate of drug-likeness (QED) is 0.708. The van der Waals surface area contributed by atoms with Gasteiger partial charge in [-0.1, -0.05) is 0 Å². The van der Waals surface area contributed by atoms with Crippen LogP contribution in [0.25, 0.3) is 0 Å². The van der Waals surface area contributed by atoms with E-state index in [0.29, 0.717) is 6.54 Å². The van der Waals surface area contributed by atoms with E-state index in [0.717, 1.165) is 24.4 Å². The second kappa shape index (κ2) is 3.89. The van der Waals surface area contributed by atoms with Crippen LogP contribution in [0, 0.1) is 0 Å². The van der Waals surface area contributed by atoms with Gasteiger partial charge in [-0.15, -0.1) is 0 Å². The van der Waals surface area contributed by atoms with Crippen molar-refractivity contribution < 1.29 is 4.79 Å². The lowest BCUT2D eigenvalue weighted by atomic mass is 10.0. The van der Waals surface area contributed by atoms with Gasteiger partial charge in [-0.05, 0) is 13.3 Å². The van der Waals surface area contributed by atoms with Gasteiger partial charge in [0.25, 0.3) is 0 Å². The molecule has 0 bridgehead atoms. The number of nitrogens with zero attached hydrogens (tertiary/aromatic N) is 2. The molecule has 15 heavy (non-hydrogen) atoms. The van der Waals surface area contributed by atoms with Crippen molar-refractivity contribution in [3.05, 3.63) is 17.0 Å². The van der Waals surface area contributed by atoms with Crippen LogP contribution in [0.15, 0.2) is 0 Å². The summed E-state index contributed by atoms with van der Waals surface area (Å²) in [5.41, 5.74) is 3.33. The molecule has 2 heterocycles. The zero-order valence-corrected chi connectivity index (χ0v) is 9.84. The highest BCUT2D eigenvalue weighted by atomic mass is 32.1. The fourth-order valence-electron chi connectivity index (χ4n) is 1.96. The minimum Gasteiger partial charge on any atom is -0.337 e. The van der Waals surface area contributed by atoms with Crippen LogP contribution in [-0.4, -0.2) is 27.5 Å². The van der Waals surface area contributed by atoms with Crippen LogP contribution in [0.4, 0.5) is 0 Å². The molecular weight excluding hydrogens is 210 g/mol.